The Balaban J connectivity index is 0.000000755. The highest BCUT2D eigenvalue weighted by atomic mass is 32.2. The topological polar surface area (TPSA) is 54.5 Å². The highest BCUT2D eigenvalue weighted by molar-refractivity contribution is 8.15. The second-order valence-corrected chi connectivity index (χ2v) is 8.69. The Morgan fingerprint density at radius 1 is 1.14 bits per heavy atom. The molecule has 1 aliphatic rings. The van der Waals surface area contributed by atoms with E-state index in [9.17, 15) is 8.78 Å². The van der Waals surface area contributed by atoms with Gasteiger partial charge in [0.15, 0.2) is 0 Å². The molecule has 0 saturated heterocycles. The first-order valence-electron chi connectivity index (χ1n) is 9.10. The average molecular weight is 433 g/mol. The molecule has 0 amide bonds. The van der Waals surface area contributed by atoms with E-state index < -0.39 is 16.5 Å². The molecule has 2 N–H and O–H groups in total. The van der Waals surface area contributed by atoms with Gasteiger partial charge in [0.2, 0.25) is 5.13 Å². The molecule has 0 spiro atoms. The Hall–Kier alpha value is -2.29. The number of aromatic nitrogens is 1. The minimum Gasteiger partial charge on any atom is -0.331 e. The molecule has 4 rings (SSSR count). The summed E-state index contributed by atoms with van der Waals surface area (Å²) in [5, 5.41) is 9.52. The van der Waals surface area contributed by atoms with Crippen LogP contribution < -0.4 is 10.7 Å². The maximum atomic E-state index is 14.3. The predicted molar refractivity (Wildman–Crippen MR) is 118 cm³/mol. The molecule has 0 bridgehead atoms. The Bertz CT molecular complexity index is 1010. The number of thioether (sulfide) groups is 1. The van der Waals surface area contributed by atoms with Gasteiger partial charge in [-0.15, -0.1) is 11.3 Å². The summed E-state index contributed by atoms with van der Waals surface area (Å²) in [4.78, 5) is 3.93. The van der Waals surface area contributed by atoms with Crippen LogP contribution in [0.3, 0.4) is 0 Å². The van der Waals surface area contributed by atoms with Gasteiger partial charge in [0.25, 0.3) is 0 Å². The van der Waals surface area contributed by atoms with Crippen LogP contribution in [-0.2, 0) is 4.87 Å². The van der Waals surface area contributed by atoms with Crippen LogP contribution in [0.5, 0.6) is 0 Å². The quantitative estimate of drug-likeness (QED) is 0.595. The van der Waals surface area contributed by atoms with Crippen molar-refractivity contribution in [2.24, 2.45) is 10.8 Å². The average Bonchev–Trinajstić information content (AvgIpc) is 3.29. The predicted octanol–water partition coefficient (Wildman–Crippen LogP) is 5.48. The first-order valence-corrected chi connectivity index (χ1v) is 10.8. The fourth-order valence-electron chi connectivity index (χ4n) is 2.80. The first kappa shape index (κ1) is 21.4. The van der Waals surface area contributed by atoms with E-state index >= 15 is 0 Å². The fourth-order valence-corrected chi connectivity index (χ4v) is 4.94. The van der Waals surface area contributed by atoms with Crippen LogP contribution >= 0.6 is 23.1 Å². The Kier molecular flexibility index (Phi) is 6.66. The van der Waals surface area contributed by atoms with E-state index in [4.69, 9.17) is 5.73 Å². The van der Waals surface area contributed by atoms with Crippen LogP contribution in [0.15, 0.2) is 59.0 Å². The van der Waals surface area contributed by atoms with Crippen molar-refractivity contribution in [2.45, 2.75) is 25.6 Å². The van der Waals surface area contributed by atoms with Crippen LogP contribution in [-0.4, -0.2) is 16.6 Å². The van der Waals surface area contributed by atoms with E-state index in [2.05, 4.69) is 10.1 Å². The number of anilines is 1. The Morgan fingerprint density at radius 3 is 2.45 bits per heavy atom. The van der Waals surface area contributed by atoms with E-state index in [0.29, 0.717) is 10.2 Å². The third-order valence-corrected chi connectivity index (χ3v) is 6.38. The third-order valence-electron chi connectivity index (χ3n) is 4.15. The molecule has 2 heterocycles. The van der Waals surface area contributed by atoms with E-state index in [1.165, 1.54) is 29.2 Å². The van der Waals surface area contributed by atoms with Crippen LogP contribution in [0, 0.1) is 18.6 Å². The zero-order chi connectivity index (χ0) is 21.0. The molecule has 152 valence electrons. The van der Waals surface area contributed by atoms with Crippen molar-refractivity contribution in [1.29, 1.82) is 0 Å². The van der Waals surface area contributed by atoms with Crippen molar-refractivity contribution >= 4 is 33.3 Å². The zero-order valence-electron chi connectivity index (χ0n) is 16.4. The van der Waals surface area contributed by atoms with E-state index in [-0.39, 0.29) is 5.56 Å². The largest absolute Gasteiger partial charge is 0.331 e. The molecule has 8 heteroatoms. The van der Waals surface area contributed by atoms with Crippen LogP contribution in [0.4, 0.5) is 13.9 Å². The minimum absolute atomic E-state index is 0.160. The van der Waals surface area contributed by atoms with Gasteiger partial charge in [-0.1, -0.05) is 49.0 Å². The molecule has 3 aromatic rings. The standard InChI is InChI=1S/C19H15F2N3S2.C2H7N/c1-12-11-25-18(22-12)24-19(2,13-6-4-3-5-7-13)26-17(23-24)15-10-14(20)8-9-16(15)21;1-2-3/h3-11H,1-2H3;2-3H2,1H3. The van der Waals surface area contributed by atoms with Crippen molar-refractivity contribution in [2.75, 3.05) is 11.6 Å². The molecule has 1 aromatic heterocycles. The van der Waals surface area contributed by atoms with Crippen LogP contribution in [0.25, 0.3) is 0 Å². The number of nitrogens with two attached hydrogens (primary N) is 1. The molecule has 4 nitrogen and oxygen atoms in total. The zero-order valence-corrected chi connectivity index (χ0v) is 18.0. The third kappa shape index (κ3) is 4.49. The van der Waals surface area contributed by atoms with Gasteiger partial charge < -0.3 is 5.73 Å². The lowest BCUT2D eigenvalue weighted by Gasteiger charge is -2.31. The van der Waals surface area contributed by atoms with E-state index in [1.54, 1.807) is 5.01 Å². The summed E-state index contributed by atoms with van der Waals surface area (Å²) in [7, 11) is 0. The van der Waals surface area contributed by atoms with Crippen LogP contribution in [0.2, 0.25) is 0 Å². The lowest BCUT2D eigenvalue weighted by molar-refractivity contribution is 0.598. The smallest absolute Gasteiger partial charge is 0.207 e. The maximum Gasteiger partial charge on any atom is 0.207 e. The minimum atomic E-state index is -0.611. The molecule has 29 heavy (non-hydrogen) atoms. The molecule has 0 fully saturated rings. The van der Waals surface area contributed by atoms with Gasteiger partial charge in [-0.3, -0.25) is 0 Å². The van der Waals surface area contributed by atoms with Gasteiger partial charge in [-0.2, -0.15) is 5.10 Å². The van der Waals surface area contributed by atoms with Gasteiger partial charge in [0.1, 0.15) is 21.5 Å². The fraction of sp³-hybridized carbons (Fsp3) is 0.238. The molecule has 0 aliphatic carbocycles. The number of hydrazone groups is 1. The highest BCUT2D eigenvalue weighted by Crippen LogP contribution is 2.49. The van der Waals surface area contributed by atoms with Gasteiger partial charge in [-0.05, 0) is 44.2 Å². The van der Waals surface area contributed by atoms with Crippen molar-refractivity contribution in [3.8, 4) is 0 Å². The van der Waals surface area contributed by atoms with Crippen molar-refractivity contribution < 1.29 is 8.78 Å². The number of nitrogens with zero attached hydrogens (tertiary/aromatic N) is 3. The van der Waals surface area contributed by atoms with Crippen LogP contribution in [0.1, 0.15) is 30.7 Å². The summed E-state index contributed by atoms with van der Waals surface area (Å²) in [5.41, 5.74) is 6.91. The molecule has 1 unspecified atom stereocenters. The lowest BCUT2D eigenvalue weighted by Crippen LogP contribution is -2.34. The SMILES string of the molecule is CCN.Cc1csc(N2N=C(c3cc(F)ccc3F)SC2(C)c2ccccc2)n1. The number of aryl methyl sites for hydroxylation is 1. The maximum absolute atomic E-state index is 14.3. The summed E-state index contributed by atoms with van der Waals surface area (Å²) in [5.74, 6) is -0.986. The molecule has 1 aliphatic heterocycles. The Labute approximate surface area is 177 Å². The summed E-state index contributed by atoms with van der Waals surface area (Å²) < 4.78 is 28.0. The monoisotopic (exact) mass is 432 g/mol. The molecule has 1 atom stereocenters. The summed E-state index contributed by atoms with van der Waals surface area (Å²) >= 11 is 2.87. The first-order chi connectivity index (χ1) is 13.9. The van der Waals surface area contributed by atoms with Gasteiger partial charge >= 0.3 is 0 Å². The number of thiazole rings is 1. The molecular weight excluding hydrogens is 410 g/mol. The second kappa shape index (κ2) is 9.02. The molecule has 0 radical (unpaired) electrons. The van der Waals surface area contributed by atoms with Crippen molar-refractivity contribution in [3.05, 3.63) is 82.4 Å². The molecule has 0 saturated carbocycles. The number of rotatable bonds is 3. The van der Waals surface area contributed by atoms with Crippen molar-refractivity contribution in [1.82, 2.24) is 4.98 Å². The lowest BCUT2D eigenvalue weighted by atomic mass is 10.1. The summed E-state index contributed by atoms with van der Waals surface area (Å²) in [6.07, 6.45) is 0. The van der Waals surface area contributed by atoms with Gasteiger partial charge in [0.05, 0.1) is 5.69 Å². The number of hydrogen-bond donors (Lipinski definition) is 1. The Morgan fingerprint density at radius 2 is 1.83 bits per heavy atom. The number of halogens is 2. The van der Waals surface area contributed by atoms with Gasteiger partial charge in [-0.25, -0.2) is 18.8 Å². The number of hydrogen-bond acceptors (Lipinski definition) is 6. The van der Waals surface area contributed by atoms with Gasteiger partial charge in [0, 0.05) is 10.9 Å². The molecule has 2 aromatic carbocycles. The highest BCUT2D eigenvalue weighted by Gasteiger charge is 2.44. The summed E-state index contributed by atoms with van der Waals surface area (Å²) in [6, 6.07) is 13.3. The summed E-state index contributed by atoms with van der Waals surface area (Å²) in [6.45, 7) is 6.58. The normalized spacial score (nSPS) is 18.3. The van der Waals surface area contributed by atoms with Crippen molar-refractivity contribution in [3.63, 3.8) is 0 Å². The molecular formula is C21H22F2N4S2. The van der Waals surface area contributed by atoms with E-state index in [0.717, 1.165) is 29.9 Å². The van der Waals surface area contributed by atoms with E-state index in [1.807, 2.05) is 56.5 Å². The number of benzene rings is 2. The second-order valence-electron chi connectivity index (χ2n) is 6.47.